The van der Waals surface area contributed by atoms with Crippen molar-refractivity contribution in [3.63, 3.8) is 0 Å². The minimum atomic E-state index is -0.412. The van der Waals surface area contributed by atoms with Crippen LogP contribution in [0.3, 0.4) is 0 Å². The zero-order valence-corrected chi connectivity index (χ0v) is 13.9. The SMILES string of the molecule is CC(=O)OCCc1ccc(C2CCCCC2(Br)C=O)cc1. The molecule has 1 aliphatic carbocycles. The van der Waals surface area contributed by atoms with Gasteiger partial charge in [0.15, 0.2) is 0 Å². The standard InChI is InChI=1S/C17H21BrO3/c1-13(20)21-11-9-14-5-7-15(8-6-14)16-4-2-3-10-17(16,18)12-19/h5-8,12,16H,2-4,9-11H2,1H3. The van der Waals surface area contributed by atoms with Crippen molar-refractivity contribution >= 4 is 28.2 Å². The van der Waals surface area contributed by atoms with E-state index in [0.29, 0.717) is 6.61 Å². The third-order valence-electron chi connectivity index (χ3n) is 4.16. The van der Waals surface area contributed by atoms with E-state index in [2.05, 4.69) is 40.2 Å². The van der Waals surface area contributed by atoms with Gasteiger partial charge >= 0.3 is 5.97 Å². The first-order chi connectivity index (χ1) is 10.0. The number of esters is 1. The molecule has 0 aliphatic heterocycles. The predicted octanol–water partition coefficient (Wildman–Crippen LogP) is 3.78. The van der Waals surface area contributed by atoms with E-state index in [-0.39, 0.29) is 11.9 Å². The largest absolute Gasteiger partial charge is 0.466 e. The lowest BCUT2D eigenvalue weighted by Crippen LogP contribution is -2.34. The van der Waals surface area contributed by atoms with Crippen molar-refractivity contribution in [2.75, 3.05) is 6.61 Å². The van der Waals surface area contributed by atoms with E-state index in [1.807, 2.05) is 0 Å². The first-order valence-corrected chi connectivity index (χ1v) is 8.22. The topological polar surface area (TPSA) is 43.4 Å². The first-order valence-electron chi connectivity index (χ1n) is 7.42. The average molecular weight is 353 g/mol. The van der Waals surface area contributed by atoms with Crippen LogP contribution in [0.15, 0.2) is 24.3 Å². The highest BCUT2D eigenvalue weighted by Crippen LogP contribution is 2.45. The van der Waals surface area contributed by atoms with Gasteiger partial charge in [0.1, 0.15) is 6.29 Å². The van der Waals surface area contributed by atoms with Gasteiger partial charge in [-0.05, 0) is 24.0 Å². The molecule has 1 fully saturated rings. The fourth-order valence-electron chi connectivity index (χ4n) is 2.97. The Balaban J connectivity index is 2.03. The van der Waals surface area contributed by atoms with E-state index in [9.17, 15) is 9.59 Å². The molecule has 0 bridgehead atoms. The molecule has 0 aromatic heterocycles. The Morgan fingerprint density at radius 3 is 2.71 bits per heavy atom. The van der Waals surface area contributed by atoms with Crippen LogP contribution >= 0.6 is 15.9 Å². The van der Waals surface area contributed by atoms with Crippen LogP contribution in [0.25, 0.3) is 0 Å². The minimum absolute atomic E-state index is 0.242. The molecule has 0 heterocycles. The van der Waals surface area contributed by atoms with Crippen molar-refractivity contribution in [2.45, 2.75) is 49.3 Å². The lowest BCUT2D eigenvalue weighted by molar-refractivity contribution is -0.140. The van der Waals surface area contributed by atoms with Crippen molar-refractivity contribution in [2.24, 2.45) is 0 Å². The van der Waals surface area contributed by atoms with Gasteiger partial charge in [-0.15, -0.1) is 0 Å². The number of hydrogen-bond acceptors (Lipinski definition) is 3. The fourth-order valence-corrected chi connectivity index (χ4v) is 3.75. The van der Waals surface area contributed by atoms with Crippen molar-refractivity contribution in [1.29, 1.82) is 0 Å². The molecule has 2 unspecified atom stereocenters. The highest BCUT2D eigenvalue weighted by atomic mass is 79.9. The van der Waals surface area contributed by atoms with Gasteiger partial charge in [-0.25, -0.2) is 0 Å². The quantitative estimate of drug-likeness (QED) is 0.460. The average Bonchev–Trinajstić information content (AvgIpc) is 2.48. The Morgan fingerprint density at radius 2 is 2.10 bits per heavy atom. The monoisotopic (exact) mass is 352 g/mol. The number of carbonyl (C=O) groups excluding carboxylic acids is 2. The third-order valence-corrected chi connectivity index (χ3v) is 5.29. The summed E-state index contributed by atoms with van der Waals surface area (Å²) in [7, 11) is 0. The number of hydrogen-bond donors (Lipinski definition) is 0. The van der Waals surface area contributed by atoms with Crippen LogP contribution in [0.4, 0.5) is 0 Å². The third kappa shape index (κ3) is 4.16. The molecular formula is C17H21BrO3. The van der Waals surface area contributed by atoms with Gasteiger partial charge in [0.05, 0.1) is 10.9 Å². The van der Waals surface area contributed by atoms with Crippen molar-refractivity contribution in [1.82, 2.24) is 0 Å². The number of carbonyl (C=O) groups is 2. The minimum Gasteiger partial charge on any atom is -0.466 e. The van der Waals surface area contributed by atoms with Crippen LogP contribution in [0.1, 0.15) is 49.7 Å². The summed E-state index contributed by atoms with van der Waals surface area (Å²) in [4.78, 5) is 22.2. The molecule has 1 aromatic rings. The highest BCUT2D eigenvalue weighted by molar-refractivity contribution is 9.10. The molecule has 1 saturated carbocycles. The van der Waals surface area contributed by atoms with Crippen LogP contribution in [-0.2, 0) is 20.7 Å². The Labute approximate surface area is 134 Å². The molecule has 3 nitrogen and oxygen atoms in total. The molecule has 2 atom stereocenters. The molecule has 1 aliphatic rings. The molecule has 0 amide bonds. The van der Waals surface area contributed by atoms with Crippen LogP contribution in [0, 0.1) is 0 Å². The van der Waals surface area contributed by atoms with Crippen LogP contribution < -0.4 is 0 Å². The summed E-state index contributed by atoms with van der Waals surface area (Å²) in [5.41, 5.74) is 2.34. The maximum Gasteiger partial charge on any atom is 0.302 e. The van der Waals surface area contributed by atoms with Crippen LogP contribution in [0.5, 0.6) is 0 Å². The number of aldehydes is 1. The van der Waals surface area contributed by atoms with Gasteiger partial charge in [0, 0.05) is 19.3 Å². The highest BCUT2D eigenvalue weighted by Gasteiger charge is 2.39. The van der Waals surface area contributed by atoms with Gasteiger partial charge in [-0.3, -0.25) is 4.79 Å². The number of alkyl halides is 1. The lowest BCUT2D eigenvalue weighted by atomic mass is 9.76. The summed E-state index contributed by atoms with van der Waals surface area (Å²) in [6.45, 7) is 1.83. The Hall–Kier alpha value is -1.16. The van der Waals surface area contributed by atoms with E-state index in [0.717, 1.165) is 37.5 Å². The van der Waals surface area contributed by atoms with Gasteiger partial charge in [-0.1, -0.05) is 53.0 Å². The first kappa shape index (κ1) is 16.2. The van der Waals surface area contributed by atoms with Gasteiger partial charge in [-0.2, -0.15) is 0 Å². The summed E-state index contributed by atoms with van der Waals surface area (Å²) in [6, 6.07) is 8.31. The molecule has 0 spiro atoms. The van der Waals surface area contributed by atoms with Crippen LogP contribution in [-0.4, -0.2) is 23.2 Å². The molecule has 1 aromatic carbocycles. The summed E-state index contributed by atoms with van der Waals surface area (Å²) < 4.78 is 4.54. The normalized spacial score (nSPS) is 25.3. The number of benzene rings is 1. The summed E-state index contributed by atoms with van der Waals surface area (Å²) in [6.07, 6.45) is 5.98. The van der Waals surface area contributed by atoms with E-state index in [1.165, 1.54) is 18.9 Å². The number of rotatable bonds is 5. The van der Waals surface area contributed by atoms with Crippen molar-refractivity contribution in [3.05, 3.63) is 35.4 Å². The molecule has 4 heteroatoms. The molecule has 2 rings (SSSR count). The van der Waals surface area contributed by atoms with E-state index in [4.69, 9.17) is 4.74 Å². The predicted molar refractivity (Wildman–Crippen MR) is 85.7 cm³/mol. The number of ether oxygens (including phenoxy) is 1. The van der Waals surface area contributed by atoms with E-state index >= 15 is 0 Å². The number of halogens is 1. The molecule has 114 valence electrons. The smallest absolute Gasteiger partial charge is 0.302 e. The second-order valence-corrected chi connectivity index (χ2v) is 7.15. The summed E-state index contributed by atoms with van der Waals surface area (Å²) >= 11 is 3.65. The molecule has 0 N–H and O–H groups in total. The van der Waals surface area contributed by atoms with E-state index < -0.39 is 4.32 Å². The molecular weight excluding hydrogens is 332 g/mol. The zero-order valence-electron chi connectivity index (χ0n) is 12.3. The molecule has 0 radical (unpaired) electrons. The summed E-state index contributed by atoms with van der Waals surface area (Å²) in [5, 5.41) is 0. The fraction of sp³-hybridized carbons (Fsp3) is 0.529. The second-order valence-electron chi connectivity index (χ2n) is 5.67. The Kier molecular flexibility index (Phi) is 5.57. The Morgan fingerprint density at radius 1 is 1.38 bits per heavy atom. The zero-order chi connectivity index (χ0) is 15.3. The van der Waals surface area contributed by atoms with Crippen molar-refractivity contribution < 1.29 is 14.3 Å². The lowest BCUT2D eigenvalue weighted by Gasteiger charge is -2.35. The van der Waals surface area contributed by atoms with Crippen LogP contribution in [0.2, 0.25) is 0 Å². The van der Waals surface area contributed by atoms with Gasteiger partial charge in [0.25, 0.3) is 0 Å². The summed E-state index contributed by atoms with van der Waals surface area (Å²) in [5.74, 6) is -0.00449. The Bertz CT molecular complexity index is 497. The van der Waals surface area contributed by atoms with Gasteiger partial charge < -0.3 is 9.53 Å². The van der Waals surface area contributed by atoms with Crippen molar-refractivity contribution in [3.8, 4) is 0 Å². The molecule has 21 heavy (non-hydrogen) atoms. The second kappa shape index (κ2) is 7.21. The maximum atomic E-state index is 11.4. The van der Waals surface area contributed by atoms with E-state index in [1.54, 1.807) is 0 Å². The molecule has 0 saturated heterocycles. The van der Waals surface area contributed by atoms with Gasteiger partial charge in [0.2, 0.25) is 0 Å². The maximum absolute atomic E-state index is 11.4.